The summed E-state index contributed by atoms with van der Waals surface area (Å²) in [6.45, 7) is 7.98. The number of esters is 2. The molecule has 0 spiro atoms. The highest BCUT2D eigenvalue weighted by Crippen LogP contribution is 2.66. The molecule has 2 bridgehead atoms. The number of likely N-dealkylation sites (N-methyl/N-ethyl adjacent to an activating group) is 1. The fourth-order valence-electron chi connectivity index (χ4n) is 5.13. The summed E-state index contributed by atoms with van der Waals surface area (Å²) in [6, 6.07) is 9.64. The van der Waals surface area contributed by atoms with E-state index in [9.17, 15) is 9.59 Å². The molecule has 0 aliphatic heterocycles. The molecular formula is C24H36NO4+. The molecule has 2 aliphatic rings. The molecule has 5 heteroatoms. The minimum Gasteiger partial charge on any atom is -0.462 e. The third-order valence-corrected chi connectivity index (χ3v) is 7.71. The van der Waals surface area contributed by atoms with Crippen LogP contribution in [0.2, 0.25) is 0 Å². The van der Waals surface area contributed by atoms with Gasteiger partial charge in [-0.25, -0.2) is 4.79 Å². The molecule has 0 unspecified atom stereocenters. The van der Waals surface area contributed by atoms with Gasteiger partial charge >= 0.3 is 11.9 Å². The lowest BCUT2D eigenvalue weighted by Gasteiger charge is -2.38. The highest BCUT2D eigenvalue weighted by Gasteiger charge is 2.62. The van der Waals surface area contributed by atoms with Crippen LogP contribution in [0.25, 0.3) is 0 Å². The second-order valence-electron chi connectivity index (χ2n) is 10.3. The second kappa shape index (κ2) is 8.10. The van der Waals surface area contributed by atoms with Gasteiger partial charge in [-0.05, 0) is 36.2 Å². The second-order valence-corrected chi connectivity index (χ2v) is 10.3. The number of quaternary nitrogens is 1. The van der Waals surface area contributed by atoms with E-state index in [0.29, 0.717) is 23.4 Å². The van der Waals surface area contributed by atoms with Gasteiger partial charge in [-0.15, -0.1) is 0 Å². The molecule has 0 amide bonds. The van der Waals surface area contributed by atoms with Crippen LogP contribution in [0.4, 0.5) is 0 Å². The van der Waals surface area contributed by atoms with E-state index in [4.69, 9.17) is 9.47 Å². The number of nitrogens with zero attached hydrogens (tertiary/aromatic N) is 1. The van der Waals surface area contributed by atoms with Gasteiger partial charge in [0.25, 0.3) is 0 Å². The Kier molecular flexibility index (Phi) is 6.09. The molecule has 160 valence electrons. The molecule has 0 saturated heterocycles. The number of carbonyl (C=O) groups is 2. The zero-order valence-electron chi connectivity index (χ0n) is 18.6. The highest BCUT2D eigenvalue weighted by atomic mass is 16.5. The first-order valence-corrected chi connectivity index (χ1v) is 10.7. The molecule has 1 aromatic rings. The standard InChI is InChI=1S/C24H36NO4/c1-23(2)19-11-13-24(23,3)20(15-19)29-21(26)12-14-25(4,5)16-22(27)28-17-18-9-7-6-8-10-18/h6-10,19-20H,11-17H2,1-5H3/q+1/t19-,20+,24+/m1/s1. The molecule has 1 aromatic carbocycles. The molecule has 3 atom stereocenters. The van der Waals surface area contributed by atoms with Gasteiger partial charge in [0, 0.05) is 5.41 Å². The van der Waals surface area contributed by atoms with Crippen molar-refractivity contribution in [3.8, 4) is 0 Å². The predicted octanol–water partition coefficient (Wildman–Crippen LogP) is 3.95. The Balaban J connectivity index is 1.43. The van der Waals surface area contributed by atoms with E-state index in [1.54, 1.807) is 0 Å². The topological polar surface area (TPSA) is 52.6 Å². The van der Waals surface area contributed by atoms with Crippen molar-refractivity contribution in [3.05, 3.63) is 35.9 Å². The van der Waals surface area contributed by atoms with E-state index < -0.39 is 0 Å². The lowest BCUT2D eigenvalue weighted by Crippen LogP contribution is -2.46. The van der Waals surface area contributed by atoms with Crippen molar-refractivity contribution in [2.75, 3.05) is 27.2 Å². The van der Waals surface area contributed by atoms with Crippen molar-refractivity contribution in [2.24, 2.45) is 16.7 Å². The van der Waals surface area contributed by atoms with Gasteiger partial charge in [-0.1, -0.05) is 51.1 Å². The van der Waals surface area contributed by atoms with E-state index in [-0.39, 0.29) is 42.0 Å². The summed E-state index contributed by atoms with van der Waals surface area (Å²) in [5.74, 6) is 0.245. The number of hydrogen-bond donors (Lipinski definition) is 0. The van der Waals surface area contributed by atoms with Crippen molar-refractivity contribution in [1.82, 2.24) is 0 Å². The number of carbonyl (C=O) groups excluding carboxylic acids is 2. The summed E-state index contributed by atoms with van der Waals surface area (Å²) >= 11 is 0. The molecule has 2 saturated carbocycles. The van der Waals surface area contributed by atoms with E-state index in [1.165, 1.54) is 6.42 Å². The number of ether oxygens (including phenoxy) is 2. The number of fused-ring (bicyclic) bond motifs is 2. The summed E-state index contributed by atoms with van der Waals surface area (Å²) in [4.78, 5) is 24.7. The third kappa shape index (κ3) is 4.66. The molecule has 29 heavy (non-hydrogen) atoms. The van der Waals surface area contributed by atoms with Crippen LogP contribution in [0.1, 0.15) is 52.0 Å². The average molecular weight is 403 g/mol. The SMILES string of the molecule is CC1(C)[C@@H]2CC[C@@]1(C)[C@@H](OC(=O)CC[N+](C)(C)CC(=O)OCc1ccccc1)C2. The maximum Gasteiger partial charge on any atom is 0.362 e. The first-order valence-electron chi connectivity index (χ1n) is 10.7. The molecule has 3 rings (SSSR count). The number of benzene rings is 1. The maximum absolute atomic E-state index is 12.5. The monoisotopic (exact) mass is 402 g/mol. The van der Waals surface area contributed by atoms with Crippen LogP contribution in [-0.2, 0) is 25.7 Å². The lowest BCUT2D eigenvalue weighted by atomic mass is 9.70. The fraction of sp³-hybridized carbons (Fsp3) is 0.667. The van der Waals surface area contributed by atoms with Crippen molar-refractivity contribution in [3.63, 3.8) is 0 Å². The van der Waals surface area contributed by atoms with E-state index in [1.807, 2.05) is 44.4 Å². The first kappa shape index (κ1) is 21.8. The van der Waals surface area contributed by atoms with Crippen LogP contribution in [0.5, 0.6) is 0 Å². The molecule has 2 fully saturated rings. The minimum atomic E-state index is -0.255. The van der Waals surface area contributed by atoms with Crippen molar-refractivity contribution < 1.29 is 23.5 Å². The van der Waals surface area contributed by atoms with E-state index in [0.717, 1.165) is 18.4 Å². The normalized spacial score (nSPS) is 27.6. The van der Waals surface area contributed by atoms with Crippen molar-refractivity contribution >= 4 is 11.9 Å². The molecule has 2 aliphatic carbocycles. The Morgan fingerprint density at radius 1 is 1.10 bits per heavy atom. The Morgan fingerprint density at radius 3 is 2.38 bits per heavy atom. The van der Waals surface area contributed by atoms with Gasteiger partial charge in [0.05, 0.1) is 27.1 Å². The molecular weight excluding hydrogens is 366 g/mol. The summed E-state index contributed by atoms with van der Waals surface area (Å²) in [5, 5.41) is 0. The summed E-state index contributed by atoms with van der Waals surface area (Å²) in [6.07, 6.45) is 3.70. The quantitative estimate of drug-likeness (QED) is 0.488. The third-order valence-electron chi connectivity index (χ3n) is 7.71. The van der Waals surface area contributed by atoms with Gasteiger partial charge in [0.1, 0.15) is 12.7 Å². The van der Waals surface area contributed by atoms with Crippen LogP contribution in [-0.4, -0.2) is 49.7 Å². The van der Waals surface area contributed by atoms with Crippen LogP contribution in [0.15, 0.2) is 30.3 Å². The number of hydrogen-bond acceptors (Lipinski definition) is 4. The van der Waals surface area contributed by atoms with Crippen molar-refractivity contribution in [1.29, 1.82) is 0 Å². The summed E-state index contributed by atoms with van der Waals surface area (Å²) < 4.78 is 11.7. The smallest absolute Gasteiger partial charge is 0.362 e. The average Bonchev–Trinajstić information content (AvgIpc) is 2.99. The number of rotatable bonds is 8. The van der Waals surface area contributed by atoms with Gasteiger partial charge in [-0.3, -0.25) is 4.79 Å². The summed E-state index contributed by atoms with van der Waals surface area (Å²) in [7, 11) is 3.89. The highest BCUT2D eigenvalue weighted by molar-refractivity contribution is 5.71. The fourth-order valence-corrected chi connectivity index (χ4v) is 5.13. The molecule has 0 radical (unpaired) electrons. The Bertz CT molecular complexity index is 743. The van der Waals surface area contributed by atoms with E-state index in [2.05, 4.69) is 20.8 Å². The van der Waals surface area contributed by atoms with Gasteiger partial charge in [0.15, 0.2) is 6.54 Å². The zero-order valence-corrected chi connectivity index (χ0v) is 18.6. The van der Waals surface area contributed by atoms with Gasteiger partial charge in [0.2, 0.25) is 0 Å². The first-order chi connectivity index (χ1) is 13.5. The predicted molar refractivity (Wildman–Crippen MR) is 112 cm³/mol. The molecule has 5 nitrogen and oxygen atoms in total. The van der Waals surface area contributed by atoms with Crippen LogP contribution in [0.3, 0.4) is 0 Å². The maximum atomic E-state index is 12.5. The zero-order chi connectivity index (χ0) is 21.3. The van der Waals surface area contributed by atoms with Crippen LogP contribution in [0, 0.1) is 16.7 Å². The van der Waals surface area contributed by atoms with Crippen molar-refractivity contribution in [2.45, 2.75) is 59.2 Å². The van der Waals surface area contributed by atoms with Crippen LogP contribution >= 0.6 is 0 Å². The largest absolute Gasteiger partial charge is 0.462 e. The molecule has 0 heterocycles. The molecule has 0 aromatic heterocycles. The Hall–Kier alpha value is -1.88. The minimum absolute atomic E-state index is 0.0233. The van der Waals surface area contributed by atoms with E-state index >= 15 is 0 Å². The van der Waals surface area contributed by atoms with Gasteiger partial charge < -0.3 is 14.0 Å². The van der Waals surface area contributed by atoms with Crippen LogP contribution < -0.4 is 0 Å². The van der Waals surface area contributed by atoms with Gasteiger partial charge in [-0.2, -0.15) is 0 Å². The Labute approximate surface area is 175 Å². The molecule has 0 N–H and O–H groups in total. The Morgan fingerprint density at radius 2 is 1.79 bits per heavy atom. The lowest BCUT2D eigenvalue weighted by molar-refractivity contribution is -0.882. The summed E-state index contributed by atoms with van der Waals surface area (Å²) in [5.41, 5.74) is 1.28.